The van der Waals surface area contributed by atoms with E-state index in [1.54, 1.807) is 42.6 Å². The first-order chi connectivity index (χ1) is 13.2. The molecular formula is C21H15FN4O. The molecule has 0 atom stereocenters. The normalized spacial score (nSPS) is 10.6. The van der Waals surface area contributed by atoms with Crippen LogP contribution in [0.5, 0.6) is 0 Å². The lowest BCUT2D eigenvalue weighted by molar-refractivity contribution is 0.102. The molecular weight excluding hydrogens is 343 g/mol. The lowest BCUT2D eigenvalue weighted by atomic mass is 10.2. The summed E-state index contributed by atoms with van der Waals surface area (Å²) in [6.45, 7) is 0. The van der Waals surface area contributed by atoms with Gasteiger partial charge in [-0.15, -0.1) is 0 Å². The van der Waals surface area contributed by atoms with Crippen LogP contribution in [0.3, 0.4) is 0 Å². The van der Waals surface area contributed by atoms with Gasteiger partial charge < -0.3 is 10.6 Å². The van der Waals surface area contributed by atoms with Crippen molar-refractivity contribution in [1.29, 1.82) is 0 Å². The molecule has 2 aromatic carbocycles. The molecule has 0 radical (unpaired) electrons. The average Bonchev–Trinajstić information content (AvgIpc) is 2.70. The second-order valence-corrected chi connectivity index (χ2v) is 5.87. The first-order valence-electron chi connectivity index (χ1n) is 8.33. The molecule has 2 N–H and O–H groups in total. The lowest BCUT2D eigenvalue weighted by Gasteiger charge is -2.10. The van der Waals surface area contributed by atoms with Crippen molar-refractivity contribution in [3.63, 3.8) is 0 Å². The van der Waals surface area contributed by atoms with Crippen LogP contribution in [0.25, 0.3) is 10.9 Å². The second kappa shape index (κ2) is 7.21. The van der Waals surface area contributed by atoms with Crippen LogP contribution in [0.4, 0.5) is 21.5 Å². The van der Waals surface area contributed by atoms with Crippen molar-refractivity contribution in [2.24, 2.45) is 0 Å². The molecule has 0 saturated carbocycles. The van der Waals surface area contributed by atoms with Crippen molar-refractivity contribution in [2.75, 3.05) is 10.6 Å². The molecule has 27 heavy (non-hydrogen) atoms. The number of rotatable bonds is 4. The SMILES string of the molecule is O=C(Nc1cccc2cccnc12)c1cc(Nc2ccccc2F)ccn1. The maximum Gasteiger partial charge on any atom is 0.274 e. The first-order valence-corrected chi connectivity index (χ1v) is 8.33. The van der Waals surface area contributed by atoms with E-state index in [9.17, 15) is 9.18 Å². The quantitative estimate of drug-likeness (QED) is 0.552. The molecule has 4 rings (SSSR count). The third-order valence-electron chi connectivity index (χ3n) is 4.03. The molecule has 4 aromatic rings. The zero-order chi connectivity index (χ0) is 18.6. The Balaban J connectivity index is 1.58. The number of nitrogens with one attached hydrogen (secondary N) is 2. The number of anilines is 3. The number of halogens is 1. The topological polar surface area (TPSA) is 66.9 Å². The molecule has 0 bridgehead atoms. The Morgan fingerprint density at radius 2 is 1.67 bits per heavy atom. The highest BCUT2D eigenvalue weighted by atomic mass is 19.1. The third-order valence-corrected chi connectivity index (χ3v) is 4.03. The summed E-state index contributed by atoms with van der Waals surface area (Å²) in [6, 6.07) is 18.9. The monoisotopic (exact) mass is 358 g/mol. The van der Waals surface area contributed by atoms with Gasteiger partial charge in [-0.25, -0.2) is 4.39 Å². The fourth-order valence-corrected chi connectivity index (χ4v) is 2.74. The highest BCUT2D eigenvalue weighted by Crippen LogP contribution is 2.22. The average molecular weight is 358 g/mol. The van der Waals surface area contributed by atoms with Crippen molar-refractivity contribution in [2.45, 2.75) is 0 Å². The fourth-order valence-electron chi connectivity index (χ4n) is 2.74. The van der Waals surface area contributed by atoms with E-state index in [1.165, 1.54) is 12.3 Å². The van der Waals surface area contributed by atoms with Crippen molar-refractivity contribution < 1.29 is 9.18 Å². The maximum absolute atomic E-state index is 13.8. The van der Waals surface area contributed by atoms with Gasteiger partial charge in [0.2, 0.25) is 0 Å². The number of fused-ring (bicyclic) bond motifs is 1. The van der Waals surface area contributed by atoms with Gasteiger partial charge in [-0.1, -0.05) is 30.3 Å². The smallest absolute Gasteiger partial charge is 0.274 e. The number of amides is 1. The van der Waals surface area contributed by atoms with Gasteiger partial charge in [-0.2, -0.15) is 0 Å². The molecule has 0 spiro atoms. The molecule has 0 fully saturated rings. The van der Waals surface area contributed by atoms with Crippen LogP contribution in [0, 0.1) is 5.82 Å². The maximum atomic E-state index is 13.8. The molecule has 0 aliphatic carbocycles. The molecule has 0 unspecified atom stereocenters. The zero-order valence-electron chi connectivity index (χ0n) is 14.2. The molecule has 2 aromatic heterocycles. The number of carbonyl (C=O) groups excluding carboxylic acids is 1. The lowest BCUT2D eigenvalue weighted by Crippen LogP contribution is -2.14. The molecule has 132 valence electrons. The summed E-state index contributed by atoms with van der Waals surface area (Å²) in [6.07, 6.45) is 3.18. The summed E-state index contributed by atoms with van der Waals surface area (Å²) in [5.41, 5.74) is 2.41. The van der Waals surface area contributed by atoms with Gasteiger partial charge in [0.05, 0.1) is 16.9 Å². The van der Waals surface area contributed by atoms with Gasteiger partial charge in [0.1, 0.15) is 11.5 Å². The molecule has 5 nitrogen and oxygen atoms in total. The summed E-state index contributed by atoms with van der Waals surface area (Å²) in [4.78, 5) is 21.1. The number of benzene rings is 2. The summed E-state index contributed by atoms with van der Waals surface area (Å²) >= 11 is 0. The highest BCUT2D eigenvalue weighted by molar-refractivity contribution is 6.07. The number of pyridine rings is 2. The van der Waals surface area contributed by atoms with Crippen LogP contribution in [0.15, 0.2) is 79.1 Å². The Kier molecular flexibility index (Phi) is 4.45. The number of hydrogen-bond acceptors (Lipinski definition) is 4. The standard InChI is InChI=1S/C21H15FN4O/c22-16-7-1-2-8-17(16)25-15-10-12-23-19(13-15)21(27)26-18-9-3-5-14-6-4-11-24-20(14)18/h1-13H,(H,23,25)(H,26,27). The second-order valence-electron chi connectivity index (χ2n) is 5.87. The molecule has 0 aliphatic heterocycles. The van der Waals surface area contributed by atoms with Crippen LogP contribution in [0.1, 0.15) is 10.5 Å². The number of hydrogen-bond donors (Lipinski definition) is 2. The number of aromatic nitrogens is 2. The van der Waals surface area contributed by atoms with Gasteiger partial charge in [0.25, 0.3) is 5.91 Å². The van der Waals surface area contributed by atoms with E-state index in [2.05, 4.69) is 20.6 Å². The minimum Gasteiger partial charge on any atom is -0.353 e. The third kappa shape index (κ3) is 3.59. The van der Waals surface area contributed by atoms with Crippen LogP contribution >= 0.6 is 0 Å². The van der Waals surface area contributed by atoms with E-state index in [1.807, 2.05) is 24.3 Å². The molecule has 6 heteroatoms. The predicted molar refractivity (Wildman–Crippen MR) is 104 cm³/mol. The fraction of sp³-hybridized carbons (Fsp3) is 0. The summed E-state index contributed by atoms with van der Waals surface area (Å²) in [7, 11) is 0. The van der Waals surface area contributed by atoms with Crippen molar-refractivity contribution in [3.8, 4) is 0 Å². The zero-order valence-corrected chi connectivity index (χ0v) is 14.2. The minimum absolute atomic E-state index is 0.212. The highest BCUT2D eigenvalue weighted by Gasteiger charge is 2.11. The van der Waals surface area contributed by atoms with Gasteiger partial charge in [0, 0.05) is 23.5 Å². The summed E-state index contributed by atoms with van der Waals surface area (Å²) in [5, 5.41) is 6.72. The minimum atomic E-state index is -0.373. The molecule has 2 heterocycles. The van der Waals surface area contributed by atoms with E-state index in [4.69, 9.17) is 0 Å². The molecule has 1 amide bonds. The Morgan fingerprint density at radius 1 is 0.852 bits per heavy atom. The molecule has 0 saturated heterocycles. The summed E-state index contributed by atoms with van der Waals surface area (Å²) in [5.74, 6) is -0.743. The number of para-hydroxylation sites is 2. The first kappa shape index (κ1) is 16.7. The largest absolute Gasteiger partial charge is 0.353 e. The Hall–Kier alpha value is -3.80. The predicted octanol–water partition coefficient (Wildman–Crippen LogP) is 4.76. The van der Waals surface area contributed by atoms with E-state index in [0.29, 0.717) is 22.6 Å². The molecule has 0 aliphatic rings. The summed E-state index contributed by atoms with van der Waals surface area (Å²) < 4.78 is 13.8. The Morgan fingerprint density at radius 3 is 2.56 bits per heavy atom. The van der Waals surface area contributed by atoms with Gasteiger partial charge in [-0.3, -0.25) is 14.8 Å². The van der Waals surface area contributed by atoms with Crippen molar-refractivity contribution >= 4 is 33.9 Å². The van der Waals surface area contributed by atoms with E-state index >= 15 is 0 Å². The van der Waals surface area contributed by atoms with Gasteiger partial charge >= 0.3 is 0 Å². The Labute approximate surface area is 154 Å². The van der Waals surface area contributed by atoms with E-state index in [0.717, 1.165) is 5.39 Å². The van der Waals surface area contributed by atoms with Crippen molar-refractivity contribution in [3.05, 3.63) is 90.6 Å². The number of nitrogens with zero attached hydrogens (tertiary/aromatic N) is 2. The van der Waals surface area contributed by atoms with Crippen molar-refractivity contribution in [1.82, 2.24) is 9.97 Å². The van der Waals surface area contributed by atoms with Gasteiger partial charge in [0.15, 0.2) is 0 Å². The van der Waals surface area contributed by atoms with E-state index in [-0.39, 0.29) is 17.4 Å². The van der Waals surface area contributed by atoms with E-state index < -0.39 is 0 Å². The number of carbonyl (C=O) groups is 1. The van der Waals surface area contributed by atoms with Gasteiger partial charge in [-0.05, 0) is 36.4 Å². The van der Waals surface area contributed by atoms with Crippen LogP contribution in [-0.4, -0.2) is 15.9 Å². The Bertz CT molecular complexity index is 1120. The van der Waals surface area contributed by atoms with Crippen LogP contribution in [0.2, 0.25) is 0 Å². The van der Waals surface area contributed by atoms with Crippen LogP contribution in [-0.2, 0) is 0 Å². The van der Waals surface area contributed by atoms with Crippen LogP contribution < -0.4 is 10.6 Å².